The molecule has 0 aliphatic rings. The first-order valence-corrected chi connectivity index (χ1v) is 9.99. The van der Waals surface area contributed by atoms with E-state index < -0.39 is 0 Å². The van der Waals surface area contributed by atoms with Gasteiger partial charge in [0.1, 0.15) is 0 Å². The van der Waals surface area contributed by atoms with Crippen molar-refractivity contribution in [2.75, 3.05) is 5.32 Å². The Balaban J connectivity index is 1.56. The highest BCUT2D eigenvalue weighted by Gasteiger charge is 2.15. The molecule has 2 N–H and O–H groups in total. The average Bonchev–Trinajstić information content (AvgIpc) is 3.27. The molecule has 3 rings (SSSR count). The molecule has 0 bridgehead atoms. The first-order chi connectivity index (χ1) is 12.5. The van der Waals surface area contributed by atoms with Crippen molar-refractivity contribution in [3.63, 3.8) is 0 Å². The number of amides is 2. The molecule has 3 aromatic rings. The van der Waals surface area contributed by atoms with Gasteiger partial charge in [0.25, 0.3) is 5.91 Å². The smallest absolute Gasteiger partial charge is 0.267 e. The Morgan fingerprint density at radius 3 is 2.73 bits per heavy atom. The minimum absolute atomic E-state index is 0.139. The lowest BCUT2D eigenvalue weighted by molar-refractivity contribution is -0.121. The molecule has 134 valence electrons. The van der Waals surface area contributed by atoms with E-state index in [2.05, 4.69) is 15.6 Å². The number of carbonyl (C=O) groups excluding carboxylic acids is 2. The van der Waals surface area contributed by atoms with Crippen LogP contribution in [0, 0.1) is 0 Å². The van der Waals surface area contributed by atoms with Crippen molar-refractivity contribution in [1.82, 2.24) is 10.3 Å². The molecule has 2 heterocycles. The Kier molecular flexibility index (Phi) is 6.03. The van der Waals surface area contributed by atoms with Gasteiger partial charge >= 0.3 is 0 Å². The molecule has 0 fully saturated rings. The van der Waals surface area contributed by atoms with Gasteiger partial charge in [-0.25, -0.2) is 4.98 Å². The third-order valence-electron chi connectivity index (χ3n) is 3.61. The Morgan fingerprint density at radius 2 is 2.00 bits per heavy atom. The van der Waals surface area contributed by atoms with Crippen LogP contribution in [-0.4, -0.2) is 16.8 Å². The number of aromatic nitrogens is 1. The molecule has 1 aromatic carbocycles. The number of nitrogens with zero attached hydrogens (tertiary/aromatic N) is 1. The highest BCUT2D eigenvalue weighted by atomic mass is 35.5. The van der Waals surface area contributed by atoms with Crippen molar-refractivity contribution in [1.29, 1.82) is 0 Å². The maximum Gasteiger partial charge on any atom is 0.267 e. The van der Waals surface area contributed by atoms with Crippen LogP contribution in [0.15, 0.2) is 47.2 Å². The SMILES string of the molecule is C[C@H](NC(=O)Cc1csc(NC(=O)c2cccs2)n1)c1ccccc1Cl. The summed E-state index contributed by atoms with van der Waals surface area (Å²) in [5.41, 5.74) is 1.48. The zero-order valence-corrected chi connectivity index (χ0v) is 16.3. The van der Waals surface area contributed by atoms with E-state index in [1.807, 2.05) is 36.6 Å². The van der Waals surface area contributed by atoms with Crippen molar-refractivity contribution in [3.8, 4) is 0 Å². The van der Waals surface area contributed by atoms with Crippen LogP contribution in [-0.2, 0) is 11.2 Å². The number of thiazole rings is 1. The van der Waals surface area contributed by atoms with Crippen LogP contribution < -0.4 is 10.6 Å². The average molecular weight is 406 g/mol. The first kappa shape index (κ1) is 18.6. The molecule has 0 saturated carbocycles. The van der Waals surface area contributed by atoms with Crippen LogP contribution >= 0.6 is 34.3 Å². The Morgan fingerprint density at radius 1 is 1.19 bits per heavy atom. The number of anilines is 1. The van der Waals surface area contributed by atoms with Crippen molar-refractivity contribution in [2.24, 2.45) is 0 Å². The summed E-state index contributed by atoms with van der Waals surface area (Å²) in [6, 6.07) is 10.8. The van der Waals surface area contributed by atoms with Crippen LogP contribution in [0.5, 0.6) is 0 Å². The Bertz CT molecular complexity index is 909. The van der Waals surface area contributed by atoms with E-state index in [1.54, 1.807) is 17.5 Å². The molecule has 5 nitrogen and oxygen atoms in total. The standard InChI is InChI=1S/C18H16ClN3O2S2/c1-11(13-5-2-3-6-14(13)19)20-16(23)9-12-10-26-18(21-12)22-17(24)15-7-4-8-25-15/h2-8,10-11H,9H2,1H3,(H,20,23)(H,21,22,24)/t11-/m0/s1. The molecule has 0 aliphatic heterocycles. The number of hydrogen-bond acceptors (Lipinski definition) is 5. The lowest BCUT2D eigenvalue weighted by Gasteiger charge is -2.15. The molecule has 0 spiro atoms. The largest absolute Gasteiger partial charge is 0.349 e. The van der Waals surface area contributed by atoms with Gasteiger partial charge in [0.05, 0.1) is 23.0 Å². The molecule has 0 saturated heterocycles. The van der Waals surface area contributed by atoms with Crippen molar-refractivity contribution >= 4 is 51.2 Å². The zero-order valence-electron chi connectivity index (χ0n) is 13.9. The van der Waals surface area contributed by atoms with E-state index in [1.165, 1.54) is 22.7 Å². The fourth-order valence-corrected chi connectivity index (χ4v) is 4.00. The molecule has 1 atom stereocenters. The van der Waals surface area contributed by atoms with Gasteiger partial charge < -0.3 is 5.32 Å². The minimum Gasteiger partial charge on any atom is -0.349 e. The van der Waals surface area contributed by atoms with E-state index in [9.17, 15) is 9.59 Å². The molecule has 2 aromatic heterocycles. The predicted molar refractivity (Wildman–Crippen MR) is 106 cm³/mol. The zero-order chi connectivity index (χ0) is 18.5. The van der Waals surface area contributed by atoms with Gasteiger partial charge in [-0.2, -0.15) is 0 Å². The van der Waals surface area contributed by atoms with Crippen molar-refractivity contribution < 1.29 is 9.59 Å². The van der Waals surface area contributed by atoms with Gasteiger partial charge in [-0.15, -0.1) is 22.7 Å². The number of benzene rings is 1. The molecule has 2 amide bonds. The Hall–Kier alpha value is -2.22. The summed E-state index contributed by atoms with van der Waals surface area (Å²) in [6.07, 6.45) is 0.139. The van der Waals surface area contributed by atoms with Crippen LogP contribution in [0.2, 0.25) is 5.02 Å². The summed E-state index contributed by atoms with van der Waals surface area (Å²) in [5.74, 6) is -0.350. The molecular weight excluding hydrogens is 390 g/mol. The predicted octanol–water partition coefficient (Wildman–Crippen LogP) is 4.53. The van der Waals surface area contributed by atoms with E-state index in [0.717, 1.165) is 5.56 Å². The summed E-state index contributed by atoms with van der Waals surface area (Å²) in [7, 11) is 0. The van der Waals surface area contributed by atoms with Crippen LogP contribution in [0.1, 0.15) is 33.9 Å². The van der Waals surface area contributed by atoms with E-state index >= 15 is 0 Å². The third kappa shape index (κ3) is 4.69. The van der Waals surface area contributed by atoms with E-state index in [4.69, 9.17) is 11.6 Å². The summed E-state index contributed by atoms with van der Waals surface area (Å²) >= 11 is 8.81. The number of rotatable bonds is 6. The maximum absolute atomic E-state index is 12.3. The number of carbonyl (C=O) groups is 2. The van der Waals surface area contributed by atoms with Gasteiger partial charge in [-0.1, -0.05) is 35.9 Å². The fraction of sp³-hybridized carbons (Fsp3) is 0.167. The van der Waals surface area contributed by atoms with Gasteiger partial charge in [-0.05, 0) is 30.0 Å². The Labute approximate surface area is 164 Å². The topological polar surface area (TPSA) is 71.1 Å². The van der Waals surface area contributed by atoms with Crippen LogP contribution in [0.25, 0.3) is 0 Å². The third-order valence-corrected chi connectivity index (χ3v) is 5.63. The molecule has 8 heteroatoms. The highest BCUT2D eigenvalue weighted by molar-refractivity contribution is 7.14. The van der Waals surface area contributed by atoms with Crippen LogP contribution in [0.4, 0.5) is 5.13 Å². The van der Waals surface area contributed by atoms with Crippen molar-refractivity contribution in [2.45, 2.75) is 19.4 Å². The number of hydrogen-bond donors (Lipinski definition) is 2. The number of nitrogens with one attached hydrogen (secondary N) is 2. The quantitative estimate of drug-likeness (QED) is 0.632. The maximum atomic E-state index is 12.3. The molecule has 0 aliphatic carbocycles. The van der Waals surface area contributed by atoms with Gasteiger partial charge in [0, 0.05) is 10.4 Å². The van der Waals surface area contributed by atoms with Gasteiger partial charge in [-0.3, -0.25) is 14.9 Å². The normalized spacial score (nSPS) is 11.8. The second-order valence-electron chi connectivity index (χ2n) is 5.56. The van der Waals surface area contributed by atoms with Crippen molar-refractivity contribution in [3.05, 3.63) is 68.3 Å². The lowest BCUT2D eigenvalue weighted by atomic mass is 10.1. The number of thiophene rings is 1. The van der Waals surface area contributed by atoms with E-state index in [0.29, 0.717) is 20.7 Å². The molecule has 26 heavy (non-hydrogen) atoms. The second-order valence-corrected chi connectivity index (χ2v) is 7.78. The van der Waals surface area contributed by atoms with Crippen LogP contribution in [0.3, 0.4) is 0 Å². The molecule has 0 radical (unpaired) electrons. The van der Waals surface area contributed by atoms with Gasteiger partial charge in [0.15, 0.2) is 5.13 Å². The van der Waals surface area contributed by atoms with Gasteiger partial charge in [0.2, 0.25) is 5.91 Å². The molecular formula is C18H16ClN3O2S2. The monoisotopic (exact) mass is 405 g/mol. The molecule has 0 unspecified atom stereocenters. The summed E-state index contributed by atoms with van der Waals surface area (Å²) in [6.45, 7) is 1.88. The highest BCUT2D eigenvalue weighted by Crippen LogP contribution is 2.22. The summed E-state index contributed by atoms with van der Waals surface area (Å²) in [5, 5.41) is 10.4. The minimum atomic E-state index is -0.201. The fourth-order valence-electron chi connectivity index (χ4n) is 2.37. The summed E-state index contributed by atoms with van der Waals surface area (Å²) in [4.78, 5) is 29.2. The lowest BCUT2D eigenvalue weighted by Crippen LogP contribution is -2.28. The first-order valence-electron chi connectivity index (χ1n) is 7.86. The summed E-state index contributed by atoms with van der Waals surface area (Å²) < 4.78 is 0. The second kappa shape index (κ2) is 8.44. The van der Waals surface area contributed by atoms with E-state index in [-0.39, 0.29) is 24.3 Å². The number of halogens is 1.